The molecule has 3 aromatic carbocycles. The van der Waals surface area contributed by atoms with Crippen LogP contribution in [0, 0.1) is 0 Å². The zero-order valence-corrected chi connectivity index (χ0v) is 20.1. The van der Waals surface area contributed by atoms with Crippen LogP contribution < -0.4 is 0 Å². The van der Waals surface area contributed by atoms with Gasteiger partial charge in [-0.2, -0.15) is 0 Å². The van der Waals surface area contributed by atoms with E-state index in [2.05, 4.69) is 15.9 Å². The molecule has 4 rings (SSSR count). The van der Waals surface area contributed by atoms with Crippen LogP contribution in [0.4, 0.5) is 0 Å². The zero-order chi connectivity index (χ0) is 22.6. The molecule has 0 bridgehead atoms. The van der Waals surface area contributed by atoms with Gasteiger partial charge in [-0.3, -0.25) is 9.69 Å². The smallest absolute Gasteiger partial charge is 0.257 e. The number of carbonyl (C=O) groups excluding carboxylic acids is 1. The fourth-order valence-electron chi connectivity index (χ4n) is 3.79. The number of fused-ring (bicyclic) bond motifs is 1. The minimum absolute atomic E-state index is 0.00314. The molecule has 1 heterocycles. The molecule has 1 aliphatic rings. The van der Waals surface area contributed by atoms with Crippen LogP contribution in [0.3, 0.4) is 0 Å². The van der Waals surface area contributed by atoms with E-state index in [-0.39, 0.29) is 16.5 Å². The van der Waals surface area contributed by atoms with Crippen molar-refractivity contribution in [2.75, 3.05) is 6.26 Å². The standard InChI is InChI=1S/C22H16BrCl2NO4S/c1-31(29,30)20-11-17(25)6-2-13(20)12-26-21(27)18-10-15(23)5-9-19(18)22(26,28)14-3-7-16(24)8-4-14/h2-11,28H,12H2,1H3. The third-order valence-corrected chi connectivity index (χ3v) is 7.39. The lowest BCUT2D eigenvalue weighted by Gasteiger charge is -2.35. The van der Waals surface area contributed by atoms with E-state index >= 15 is 0 Å². The first kappa shape index (κ1) is 22.3. The van der Waals surface area contributed by atoms with E-state index in [0.29, 0.717) is 31.7 Å². The molecule has 0 fully saturated rings. The highest BCUT2D eigenvalue weighted by Crippen LogP contribution is 2.44. The van der Waals surface area contributed by atoms with E-state index in [9.17, 15) is 18.3 Å². The van der Waals surface area contributed by atoms with Gasteiger partial charge in [-0.1, -0.05) is 63.4 Å². The lowest BCUT2D eigenvalue weighted by molar-refractivity contribution is -0.0546. The van der Waals surface area contributed by atoms with E-state index in [1.165, 1.54) is 11.0 Å². The Morgan fingerprint density at radius 2 is 1.65 bits per heavy atom. The van der Waals surface area contributed by atoms with Crippen molar-refractivity contribution in [1.29, 1.82) is 0 Å². The van der Waals surface area contributed by atoms with Crippen LogP contribution in [-0.2, 0) is 22.1 Å². The zero-order valence-electron chi connectivity index (χ0n) is 16.1. The number of hydrogen-bond donors (Lipinski definition) is 1. The monoisotopic (exact) mass is 539 g/mol. The maximum atomic E-state index is 13.4. The maximum absolute atomic E-state index is 13.4. The molecule has 1 atom stereocenters. The van der Waals surface area contributed by atoms with Gasteiger partial charge >= 0.3 is 0 Å². The predicted molar refractivity (Wildman–Crippen MR) is 123 cm³/mol. The SMILES string of the molecule is CS(=O)(=O)c1cc(Cl)ccc1CN1C(=O)c2cc(Br)ccc2C1(O)c1ccc(Cl)cc1. The van der Waals surface area contributed by atoms with E-state index < -0.39 is 21.5 Å². The molecule has 0 aliphatic carbocycles. The van der Waals surface area contributed by atoms with Crippen molar-refractivity contribution < 1.29 is 18.3 Å². The van der Waals surface area contributed by atoms with Crippen LogP contribution in [-0.4, -0.2) is 30.6 Å². The molecule has 1 unspecified atom stereocenters. The Morgan fingerprint density at radius 1 is 1.00 bits per heavy atom. The normalized spacial score (nSPS) is 18.4. The van der Waals surface area contributed by atoms with Crippen molar-refractivity contribution in [2.24, 2.45) is 0 Å². The van der Waals surface area contributed by atoms with Crippen molar-refractivity contribution in [1.82, 2.24) is 4.90 Å². The van der Waals surface area contributed by atoms with Crippen LogP contribution in [0.25, 0.3) is 0 Å². The summed E-state index contributed by atoms with van der Waals surface area (Å²) >= 11 is 15.4. The van der Waals surface area contributed by atoms with Crippen LogP contribution >= 0.6 is 39.1 Å². The first-order chi connectivity index (χ1) is 14.5. The Balaban J connectivity index is 1.91. The molecule has 0 saturated carbocycles. The van der Waals surface area contributed by atoms with Gasteiger partial charge in [0.1, 0.15) is 0 Å². The van der Waals surface area contributed by atoms with Crippen LogP contribution in [0.5, 0.6) is 0 Å². The molecule has 31 heavy (non-hydrogen) atoms. The summed E-state index contributed by atoms with van der Waals surface area (Å²) in [7, 11) is -3.63. The number of hydrogen-bond acceptors (Lipinski definition) is 4. The quantitative estimate of drug-likeness (QED) is 0.505. The molecule has 3 aromatic rings. The van der Waals surface area contributed by atoms with Gasteiger partial charge in [-0.15, -0.1) is 0 Å². The summed E-state index contributed by atoms with van der Waals surface area (Å²) in [5, 5.41) is 12.7. The van der Waals surface area contributed by atoms with Crippen molar-refractivity contribution in [3.05, 3.63) is 97.4 Å². The highest BCUT2D eigenvalue weighted by molar-refractivity contribution is 9.10. The summed E-state index contributed by atoms with van der Waals surface area (Å²) in [6.07, 6.45) is 1.07. The molecule has 1 amide bonds. The lowest BCUT2D eigenvalue weighted by atomic mass is 9.93. The fraction of sp³-hybridized carbons (Fsp3) is 0.136. The molecule has 0 aromatic heterocycles. The average Bonchev–Trinajstić information content (AvgIpc) is 2.91. The van der Waals surface area contributed by atoms with Crippen molar-refractivity contribution in [2.45, 2.75) is 17.2 Å². The van der Waals surface area contributed by atoms with Gasteiger partial charge in [0, 0.05) is 37.5 Å². The molecule has 1 N–H and O–H groups in total. The summed E-state index contributed by atoms with van der Waals surface area (Å²) in [4.78, 5) is 14.6. The highest BCUT2D eigenvalue weighted by Gasteiger charge is 2.50. The third kappa shape index (κ3) is 3.90. The van der Waals surface area contributed by atoms with Crippen molar-refractivity contribution in [3.63, 3.8) is 0 Å². The number of amides is 1. The summed E-state index contributed by atoms with van der Waals surface area (Å²) in [6.45, 7) is -0.149. The van der Waals surface area contributed by atoms with Crippen LogP contribution in [0.2, 0.25) is 10.0 Å². The van der Waals surface area contributed by atoms with E-state index in [4.69, 9.17) is 23.2 Å². The largest absolute Gasteiger partial charge is 0.363 e. The van der Waals surface area contributed by atoms with E-state index in [1.54, 1.807) is 54.6 Å². The summed E-state index contributed by atoms with van der Waals surface area (Å²) in [5.41, 5.74) is -0.313. The molecular weight excluding hydrogens is 525 g/mol. The van der Waals surface area contributed by atoms with Crippen LogP contribution in [0.1, 0.15) is 27.0 Å². The highest BCUT2D eigenvalue weighted by atomic mass is 79.9. The van der Waals surface area contributed by atoms with Gasteiger partial charge in [0.05, 0.1) is 11.4 Å². The van der Waals surface area contributed by atoms with Crippen LogP contribution in [0.15, 0.2) is 70.0 Å². The summed E-state index contributed by atoms with van der Waals surface area (Å²) in [6, 6.07) is 16.0. The average molecular weight is 541 g/mol. The summed E-state index contributed by atoms with van der Waals surface area (Å²) < 4.78 is 25.4. The Morgan fingerprint density at radius 3 is 2.29 bits per heavy atom. The molecule has 9 heteroatoms. The predicted octanol–water partition coefficient (Wildman–Crippen LogP) is 5.01. The maximum Gasteiger partial charge on any atom is 0.257 e. The second-order valence-corrected chi connectivity index (χ2v) is 11.1. The number of nitrogens with zero attached hydrogens (tertiary/aromatic N) is 1. The molecular formula is C22H16BrCl2NO4S. The Bertz CT molecular complexity index is 1310. The third-order valence-electron chi connectivity index (χ3n) is 5.23. The molecule has 0 radical (unpaired) electrons. The number of carbonyl (C=O) groups is 1. The Labute approximate surface area is 198 Å². The molecule has 0 spiro atoms. The minimum Gasteiger partial charge on any atom is -0.363 e. The fourth-order valence-corrected chi connectivity index (χ4v) is 5.46. The minimum atomic E-state index is -3.63. The van der Waals surface area contributed by atoms with Crippen molar-refractivity contribution >= 4 is 54.9 Å². The summed E-state index contributed by atoms with van der Waals surface area (Å²) in [5.74, 6) is -0.428. The molecule has 160 valence electrons. The number of halogens is 3. The second kappa shape index (κ2) is 7.90. The lowest BCUT2D eigenvalue weighted by Crippen LogP contribution is -2.44. The van der Waals surface area contributed by atoms with Gasteiger partial charge in [0.15, 0.2) is 15.6 Å². The van der Waals surface area contributed by atoms with Gasteiger partial charge < -0.3 is 5.11 Å². The number of aliphatic hydroxyl groups is 1. The molecule has 0 saturated heterocycles. The van der Waals surface area contributed by atoms with Gasteiger partial charge in [0.2, 0.25) is 0 Å². The number of rotatable bonds is 4. The van der Waals surface area contributed by atoms with Gasteiger partial charge in [-0.25, -0.2) is 8.42 Å². The van der Waals surface area contributed by atoms with Gasteiger partial charge in [0.25, 0.3) is 5.91 Å². The second-order valence-electron chi connectivity index (χ2n) is 7.28. The molecule has 1 aliphatic heterocycles. The first-order valence-corrected chi connectivity index (χ1v) is 12.5. The Kier molecular flexibility index (Phi) is 5.69. The Hall–Kier alpha value is -1.90. The first-order valence-electron chi connectivity index (χ1n) is 9.10. The molecule has 5 nitrogen and oxygen atoms in total. The van der Waals surface area contributed by atoms with E-state index in [1.807, 2.05) is 0 Å². The number of benzene rings is 3. The van der Waals surface area contributed by atoms with Crippen molar-refractivity contribution in [3.8, 4) is 0 Å². The topological polar surface area (TPSA) is 74.7 Å². The van der Waals surface area contributed by atoms with Gasteiger partial charge in [-0.05, 0) is 42.0 Å². The van der Waals surface area contributed by atoms with E-state index in [0.717, 1.165) is 6.26 Å². The number of sulfone groups is 1.